The number of hydrogen-bond acceptors (Lipinski definition) is 3. The summed E-state index contributed by atoms with van der Waals surface area (Å²) in [6.45, 7) is 0. The number of nitrogens with one attached hydrogen (secondary N) is 1. The first-order valence-electron chi connectivity index (χ1n) is 6.71. The smallest absolute Gasteiger partial charge is 0.139 e. The molecule has 0 bridgehead atoms. The Morgan fingerprint density at radius 3 is 2.67 bits per heavy atom. The molecular weight excluding hydrogens is 260 g/mol. The molecule has 0 aliphatic rings. The number of fused-ring (bicyclic) bond motifs is 1. The molecule has 100 valence electrons. The predicted molar refractivity (Wildman–Crippen MR) is 82.6 cm³/mol. The fourth-order valence-corrected chi connectivity index (χ4v) is 2.34. The molecule has 4 rings (SSSR count). The summed E-state index contributed by atoms with van der Waals surface area (Å²) < 4.78 is 0. The van der Waals surface area contributed by atoms with Gasteiger partial charge in [0.05, 0.1) is 17.4 Å². The molecule has 3 aromatic heterocycles. The third kappa shape index (κ3) is 2.17. The van der Waals surface area contributed by atoms with Gasteiger partial charge in [-0.3, -0.25) is 9.97 Å². The van der Waals surface area contributed by atoms with Crippen LogP contribution in [0.25, 0.3) is 33.5 Å². The van der Waals surface area contributed by atoms with Gasteiger partial charge in [0.25, 0.3) is 0 Å². The molecular formula is C17H12N4. The van der Waals surface area contributed by atoms with Crippen molar-refractivity contribution >= 4 is 10.9 Å². The maximum absolute atomic E-state index is 4.48. The number of imidazole rings is 1. The highest BCUT2D eigenvalue weighted by Crippen LogP contribution is 2.23. The Balaban J connectivity index is 1.77. The van der Waals surface area contributed by atoms with Gasteiger partial charge >= 0.3 is 0 Å². The van der Waals surface area contributed by atoms with Crippen molar-refractivity contribution in [3.05, 3.63) is 67.3 Å². The topological polar surface area (TPSA) is 54.5 Å². The summed E-state index contributed by atoms with van der Waals surface area (Å²) in [5.41, 5.74) is 3.94. The van der Waals surface area contributed by atoms with Crippen molar-refractivity contribution in [1.29, 1.82) is 0 Å². The number of benzene rings is 1. The van der Waals surface area contributed by atoms with Crippen LogP contribution in [-0.2, 0) is 0 Å². The average Bonchev–Trinajstić information content (AvgIpc) is 3.05. The van der Waals surface area contributed by atoms with Gasteiger partial charge in [-0.25, -0.2) is 4.98 Å². The van der Waals surface area contributed by atoms with Crippen LogP contribution in [0, 0.1) is 0 Å². The van der Waals surface area contributed by atoms with E-state index < -0.39 is 0 Å². The molecule has 0 unspecified atom stereocenters. The van der Waals surface area contributed by atoms with Gasteiger partial charge in [0.2, 0.25) is 0 Å². The first-order chi connectivity index (χ1) is 10.4. The molecule has 0 radical (unpaired) electrons. The van der Waals surface area contributed by atoms with Gasteiger partial charge < -0.3 is 4.98 Å². The molecule has 21 heavy (non-hydrogen) atoms. The van der Waals surface area contributed by atoms with E-state index >= 15 is 0 Å². The number of nitrogens with zero attached hydrogens (tertiary/aromatic N) is 3. The number of hydrogen-bond donors (Lipinski definition) is 1. The van der Waals surface area contributed by atoms with Gasteiger partial charge in [-0.05, 0) is 24.3 Å². The van der Waals surface area contributed by atoms with Gasteiger partial charge in [-0.2, -0.15) is 0 Å². The Kier molecular flexibility index (Phi) is 2.71. The van der Waals surface area contributed by atoms with Crippen LogP contribution in [0.5, 0.6) is 0 Å². The number of H-pyrrole nitrogens is 1. The summed E-state index contributed by atoms with van der Waals surface area (Å²) in [6, 6.07) is 14.1. The van der Waals surface area contributed by atoms with Crippen LogP contribution in [0.3, 0.4) is 0 Å². The summed E-state index contributed by atoms with van der Waals surface area (Å²) >= 11 is 0. The number of aromatic nitrogens is 4. The standard InChI is InChI=1S/C17H12N4/c1-2-6-15-12(4-1)8-14(10-19-15)16-11-20-17(21-16)13-5-3-7-18-9-13/h1-11H,(H,20,21). The summed E-state index contributed by atoms with van der Waals surface area (Å²) in [5, 5.41) is 1.12. The molecule has 4 nitrogen and oxygen atoms in total. The van der Waals surface area contributed by atoms with Crippen molar-refractivity contribution in [2.75, 3.05) is 0 Å². The minimum atomic E-state index is 0.811. The van der Waals surface area contributed by atoms with E-state index in [1.165, 1.54) is 0 Å². The molecule has 0 amide bonds. The molecule has 4 aromatic rings. The van der Waals surface area contributed by atoms with E-state index in [0.29, 0.717) is 0 Å². The van der Waals surface area contributed by atoms with E-state index in [2.05, 4.69) is 32.1 Å². The van der Waals surface area contributed by atoms with E-state index in [1.807, 2.05) is 42.7 Å². The Bertz CT molecular complexity index is 897. The van der Waals surface area contributed by atoms with Crippen LogP contribution in [0.15, 0.2) is 67.3 Å². The predicted octanol–water partition coefficient (Wildman–Crippen LogP) is 3.69. The molecule has 0 atom stereocenters. The molecule has 0 spiro atoms. The van der Waals surface area contributed by atoms with Crippen molar-refractivity contribution in [3.8, 4) is 22.6 Å². The third-order valence-electron chi connectivity index (χ3n) is 3.41. The van der Waals surface area contributed by atoms with Gasteiger partial charge in [0.1, 0.15) is 5.82 Å². The maximum atomic E-state index is 4.48. The summed E-state index contributed by atoms with van der Waals surface area (Å²) in [7, 11) is 0. The van der Waals surface area contributed by atoms with Crippen LogP contribution in [0.4, 0.5) is 0 Å². The fraction of sp³-hybridized carbons (Fsp3) is 0. The summed E-state index contributed by atoms with van der Waals surface area (Å²) in [4.78, 5) is 16.3. The lowest BCUT2D eigenvalue weighted by atomic mass is 10.1. The molecule has 1 N–H and O–H groups in total. The lowest BCUT2D eigenvalue weighted by Gasteiger charge is -2.00. The van der Waals surface area contributed by atoms with Crippen molar-refractivity contribution in [2.24, 2.45) is 0 Å². The highest BCUT2D eigenvalue weighted by atomic mass is 14.9. The Hall–Kier alpha value is -3.01. The third-order valence-corrected chi connectivity index (χ3v) is 3.41. The molecule has 0 fully saturated rings. The van der Waals surface area contributed by atoms with E-state index in [4.69, 9.17) is 0 Å². The molecule has 0 saturated heterocycles. The molecule has 0 aliphatic heterocycles. The number of rotatable bonds is 2. The van der Waals surface area contributed by atoms with Crippen molar-refractivity contribution in [1.82, 2.24) is 19.9 Å². The van der Waals surface area contributed by atoms with Crippen LogP contribution in [-0.4, -0.2) is 19.9 Å². The zero-order chi connectivity index (χ0) is 14.1. The quantitative estimate of drug-likeness (QED) is 0.605. The minimum Gasteiger partial charge on any atom is -0.338 e. The number of para-hydroxylation sites is 1. The van der Waals surface area contributed by atoms with Gasteiger partial charge in [0.15, 0.2) is 0 Å². The van der Waals surface area contributed by atoms with Gasteiger partial charge in [-0.1, -0.05) is 18.2 Å². The van der Waals surface area contributed by atoms with Gasteiger partial charge in [-0.15, -0.1) is 0 Å². The van der Waals surface area contributed by atoms with E-state index in [1.54, 1.807) is 12.4 Å². The van der Waals surface area contributed by atoms with E-state index in [0.717, 1.165) is 33.5 Å². The normalized spacial score (nSPS) is 10.9. The Labute approximate surface area is 121 Å². The van der Waals surface area contributed by atoms with Crippen LogP contribution >= 0.6 is 0 Å². The summed E-state index contributed by atoms with van der Waals surface area (Å²) in [5.74, 6) is 0.811. The molecule has 4 heteroatoms. The minimum absolute atomic E-state index is 0.811. The lowest BCUT2D eigenvalue weighted by Crippen LogP contribution is -1.84. The van der Waals surface area contributed by atoms with Crippen molar-refractivity contribution in [3.63, 3.8) is 0 Å². The van der Waals surface area contributed by atoms with Crippen molar-refractivity contribution < 1.29 is 0 Å². The van der Waals surface area contributed by atoms with Crippen LogP contribution in [0.1, 0.15) is 0 Å². The lowest BCUT2D eigenvalue weighted by molar-refractivity contribution is 1.26. The second-order valence-electron chi connectivity index (χ2n) is 4.80. The first-order valence-corrected chi connectivity index (χ1v) is 6.71. The number of aromatic amines is 1. The van der Waals surface area contributed by atoms with Gasteiger partial charge in [0, 0.05) is 35.1 Å². The maximum Gasteiger partial charge on any atom is 0.139 e. The van der Waals surface area contributed by atoms with E-state index in [-0.39, 0.29) is 0 Å². The fourth-order valence-electron chi connectivity index (χ4n) is 2.34. The SMILES string of the molecule is c1cncc(-c2ncc(-c3cnc4ccccc4c3)[nH]2)c1. The Morgan fingerprint density at radius 1 is 0.810 bits per heavy atom. The van der Waals surface area contributed by atoms with Crippen LogP contribution in [0.2, 0.25) is 0 Å². The second-order valence-corrected chi connectivity index (χ2v) is 4.80. The first kappa shape index (κ1) is 11.8. The highest BCUT2D eigenvalue weighted by molar-refractivity contribution is 5.82. The molecule has 0 aliphatic carbocycles. The number of pyridine rings is 2. The highest BCUT2D eigenvalue weighted by Gasteiger charge is 2.06. The summed E-state index contributed by atoms with van der Waals surface area (Å²) in [6.07, 6.45) is 7.23. The molecule has 3 heterocycles. The van der Waals surface area contributed by atoms with E-state index in [9.17, 15) is 0 Å². The zero-order valence-corrected chi connectivity index (χ0v) is 11.2. The Morgan fingerprint density at radius 2 is 1.76 bits per heavy atom. The average molecular weight is 272 g/mol. The molecule has 0 saturated carbocycles. The van der Waals surface area contributed by atoms with Crippen LogP contribution < -0.4 is 0 Å². The second kappa shape index (κ2) is 4.83. The monoisotopic (exact) mass is 272 g/mol. The largest absolute Gasteiger partial charge is 0.338 e. The van der Waals surface area contributed by atoms with Crippen molar-refractivity contribution in [2.45, 2.75) is 0 Å². The molecule has 1 aromatic carbocycles. The zero-order valence-electron chi connectivity index (χ0n) is 11.2.